The third-order valence-electron chi connectivity index (χ3n) is 6.88. The van der Waals surface area contributed by atoms with Crippen LogP contribution < -0.4 is 4.72 Å². The molecular formula is C26H30N4O4S. The minimum atomic E-state index is -3.85. The Hall–Kier alpha value is -3.20. The monoisotopic (exact) mass is 494 g/mol. The number of rotatable bonds is 5. The van der Waals surface area contributed by atoms with Gasteiger partial charge in [-0.15, -0.1) is 0 Å². The molecule has 0 bridgehead atoms. The fourth-order valence-electron chi connectivity index (χ4n) is 4.94. The summed E-state index contributed by atoms with van der Waals surface area (Å²) in [5.74, 6) is -0.154. The molecule has 1 saturated heterocycles. The van der Waals surface area contributed by atoms with Gasteiger partial charge in [0.05, 0.1) is 10.6 Å². The number of amides is 1. The predicted octanol–water partition coefficient (Wildman–Crippen LogP) is 4.74. The van der Waals surface area contributed by atoms with Gasteiger partial charge in [-0.2, -0.15) is 4.98 Å². The van der Waals surface area contributed by atoms with E-state index in [4.69, 9.17) is 4.52 Å². The normalized spacial score (nSPS) is 16.4. The van der Waals surface area contributed by atoms with Crippen LogP contribution >= 0.6 is 0 Å². The Kier molecular flexibility index (Phi) is 6.60. The number of nitrogens with one attached hydrogen (secondary N) is 1. The van der Waals surface area contributed by atoms with Crippen LogP contribution in [0.5, 0.6) is 0 Å². The number of hydrogen-bond donors (Lipinski definition) is 1. The van der Waals surface area contributed by atoms with Crippen LogP contribution in [0.25, 0.3) is 11.4 Å². The number of likely N-dealkylation sites (tertiary alicyclic amines) is 1. The maximum Gasteiger partial charge on any atom is 0.316 e. The molecular weight excluding hydrogens is 464 g/mol. The Morgan fingerprint density at radius 2 is 1.77 bits per heavy atom. The van der Waals surface area contributed by atoms with Gasteiger partial charge in [-0.3, -0.25) is 9.52 Å². The first kappa shape index (κ1) is 23.5. The van der Waals surface area contributed by atoms with E-state index in [0.29, 0.717) is 29.9 Å². The van der Waals surface area contributed by atoms with Crippen molar-refractivity contribution in [2.45, 2.75) is 63.2 Å². The van der Waals surface area contributed by atoms with Gasteiger partial charge in [0.1, 0.15) is 0 Å². The van der Waals surface area contributed by atoms with E-state index in [1.54, 1.807) is 24.0 Å². The topological polar surface area (TPSA) is 105 Å². The second kappa shape index (κ2) is 9.81. The summed E-state index contributed by atoms with van der Waals surface area (Å²) < 4.78 is 34.9. The number of hydrogen-bond acceptors (Lipinski definition) is 6. The molecule has 2 aliphatic rings. The number of carbonyl (C=O) groups is 1. The van der Waals surface area contributed by atoms with Crippen molar-refractivity contribution in [3.05, 3.63) is 59.0 Å². The van der Waals surface area contributed by atoms with Crippen LogP contribution in [0.3, 0.4) is 0 Å². The van der Waals surface area contributed by atoms with Gasteiger partial charge in [-0.05, 0) is 74.3 Å². The highest BCUT2D eigenvalue weighted by atomic mass is 32.2. The van der Waals surface area contributed by atoms with Crippen LogP contribution in [-0.2, 0) is 22.9 Å². The SMILES string of the molecule is Cc1ccc(-c2noc(C(=O)N3CCCCCC3)n2)cc1S(=O)(=O)Nc1cccc2c1CCCC2. The molecule has 3 aromatic rings. The second-order valence-electron chi connectivity index (χ2n) is 9.37. The largest absolute Gasteiger partial charge is 0.334 e. The average molecular weight is 495 g/mol. The Balaban J connectivity index is 1.41. The molecule has 0 spiro atoms. The summed E-state index contributed by atoms with van der Waals surface area (Å²) in [5, 5.41) is 3.97. The standard InChI is InChI=1S/C26H30N4O4S/c1-18-13-14-20(24-27-25(34-28-24)26(31)30-15-6-2-3-7-16-30)17-23(18)35(32,33)29-22-12-8-10-19-9-4-5-11-21(19)22/h8,10,12-14,17,29H,2-7,9,11,15-16H2,1H3. The van der Waals surface area contributed by atoms with Crippen molar-refractivity contribution in [1.82, 2.24) is 15.0 Å². The highest BCUT2D eigenvalue weighted by Crippen LogP contribution is 2.31. The summed E-state index contributed by atoms with van der Waals surface area (Å²) in [4.78, 5) is 19.0. The molecule has 2 aromatic carbocycles. The molecule has 8 nitrogen and oxygen atoms in total. The lowest BCUT2D eigenvalue weighted by Gasteiger charge is -2.20. The molecule has 1 aliphatic carbocycles. The van der Waals surface area contributed by atoms with E-state index < -0.39 is 10.0 Å². The number of nitrogens with zero attached hydrogens (tertiary/aromatic N) is 3. The molecule has 0 saturated carbocycles. The van der Waals surface area contributed by atoms with E-state index in [2.05, 4.69) is 20.9 Å². The van der Waals surface area contributed by atoms with Gasteiger partial charge in [-0.1, -0.05) is 42.3 Å². The van der Waals surface area contributed by atoms with E-state index in [1.165, 1.54) is 11.6 Å². The first-order valence-corrected chi connectivity index (χ1v) is 13.8. The summed E-state index contributed by atoms with van der Waals surface area (Å²) in [5.41, 5.74) is 4.00. The molecule has 1 aromatic heterocycles. The number of sulfonamides is 1. The van der Waals surface area contributed by atoms with Gasteiger partial charge in [-0.25, -0.2) is 8.42 Å². The lowest BCUT2D eigenvalue weighted by molar-refractivity contribution is 0.0711. The summed E-state index contributed by atoms with van der Waals surface area (Å²) >= 11 is 0. The minimum absolute atomic E-state index is 0.0686. The van der Waals surface area contributed by atoms with E-state index in [9.17, 15) is 13.2 Å². The number of benzene rings is 2. The van der Waals surface area contributed by atoms with Crippen LogP contribution in [0.15, 0.2) is 45.8 Å². The third-order valence-corrected chi connectivity index (χ3v) is 8.39. The number of fused-ring (bicyclic) bond motifs is 1. The van der Waals surface area contributed by atoms with Crippen LogP contribution in [-0.4, -0.2) is 42.5 Å². The summed E-state index contributed by atoms with van der Waals surface area (Å²) in [6, 6.07) is 10.8. The lowest BCUT2D eigenvalue weighted by Crippen LogP contribution is -2.32. The van der Waals surface area contributed by atoms with E-state index in [1.807, 2.05) is 12.1 Å². The van der Waals surface area contributed by atoms with Gasteiger partial charge in [0.25, 0.3) is 10.0 Å². The zero-order chi connectivity index (χ0) is 24.4. The summed E-state index contributed by atoms with van der Waals surface area (Å²) in [7, 11) is -3.85. The van der Waals surface area contributed by atoms with Crippen molar-refractivity contribution in [2.24, 2.45) is 0 Å². The molecule has 1 amide bonds. The van der Waals surface area contributed by atoms with Crippen LogP contribution in [0, 0.1) is 6.92 Å². The molecule has 1 N–H and O–H groups in total. The molecule has 0 radical (unpaired) electrons. The highest BCUT2D eigenvalue weighted by molar-refractivity contribution is 7.92. The first-order valence-electron chi connectivity index (χ1n) is 12.3. The minimum Gasteiger partial charge on any atom is -0.334 e. The second-order valence-corrected chi connectivity index (χ2v) is 11.0. The van der Waals surface area contributed by atoms with Crippen molar-refractivity contribution in [3.8, 4) is 11.4 Å². The lowest BCUT2D eigenvalue weighted by atomic mass is 9.91. The highest BCUT2D eigenvalue weighted by Gasteiger charge is 2.25. The fourth-order valence-corrected chi connectivity index (χ4v) is 6.31. The third kappa shape index (κ3) is 4.96. The number of aryl methyl sites for hydroxylation is 2. The van der Waals surface area contributed by atoms with Crippen LogP contribution in [0.1, 0.15) is 65.9 Å². The van der Waals surface area contributed by atoms with Crippen molar-refractivity contribution in [3.63, 3.8) is 0 Å². The molecule has 1 aliphatic heterocycles. The Morgan fingerprint density at radius 1 is 1.00 bits per heavy atom. The first-order chi connectivity index (χ1) is 16.9. The molecule has 9 heteroatoms. The summed E-state index contributed by atoms with van der Waals surface area (Å²) in [6.07, 6.45) is 8.15. The van der Waals surface area contributed by atoms with Crippen molar-refractivity contribution >= 4 is 21.6 Å². The Bertz CT molecular complexity index is 1340. The van der Waals surface area contributed by atoms with E-state index in [0.717, 1.165) is 56.9 Å². The van der Waals surface area contributed by atoms with Gasteiger partial charge >= 0.3 is 11.8 Å². The fraction of sp³-hybridized carbons (Fsp3) is 0.423. The van der Waals surface area contributed by atoms with Gasteiger partial charge < -0.3 is 9.42 Å². The van der Waals surface area contributed by atoms with Crippen LogP contribution in [0.4, 0.5) is 5.69 Å². The molecule has 184 valence electrons. The van der Waals surface area contributed by atoms with Crippen molar-refractivity contribution in [2.75, 3.05) is 17.8 Å². The molecule has 2 heterocycles. The van der Waals surface area contributed by atoms with Gasteiger partial charge in [0.2, 0.25) is 5.82 Å². The molecule has 35 heavy (non-hydrogen) atoms. The quantitative estimate of drug-likeness (QED) is 0.549. The average Bonchev–Trinajstić information content (AvgIpc) is 3.19. The van der Waals surface area contributed by atoms with Crippen molar-refractivity contribution in [1.29, 1.82) is 0 Å². The smallest absolute Gasteiger partial charge is 0.316 e. The maximum absolute atomic E-state index is 13.4. The molecule has 5 rings (SSSR count). The summed E-state index contributed by atoms with van der Waals surface area (Å²) in [6.45, 7) is 3.11. The number of aromatic nitrogens is 2. The zero-order valence-electron chi connectivity index (χ0n) is 19.9. The Morgan fingerprint density at radius 3 is 2.57 bits per heavy atom. The van der Waals surface area contributed by atoms with Gasteiger partial charge in [0.15, 0.2) is 0 Å². The Labute approximate surface area is 205 Å². The number of carbonyl (C=O) groups excluding carboxylic acids is 1. The predicted molar refractivity (Wildman–Crippen MR) is 133 cm³/mol. The van der Waals surface area contributed by atoms with E-state index in [-0.39, 0.29) is 22.5 Å². The van der Waals surface area contributed by atoms with Crippen molar-refractivity contribution < 1.29 is 17.7 Å². The number of anilines is 1. The van der Waals surface area contributed by atoms with Crippen LogP contribution in [0.2, 0.25) is 0 Å². The maximum atomic E-state index is 13.4. The molecule has 1 fully saturated rings. The van der Waals surface area contributed by atoms with E-state index >= 15 is 0 Å². The molecule has 0 unspecified atom stereocenters. The zero-order valence-corrected chi connectivity index (χ0v) is 20.7. The molecule has 0 atom stereocenters. The van der Waals surface area contributed by atoms with Gasteiger partial charge in [0, 0.05) is 18.7 Å².